The van der Waals surface area contributed by atoms with Crippen LogP contribution in [-0.2, 0) is 10.9 Å². The van der Waals surface area contributed by atoms with Crippen LogP contribution in [0, 0.1) is 0 Å². The van der Waals surface area contributed by atoms with Crippen molar-refractivity contribution in [3.05, 3.63) is 11.9 Å². The number of halogens is 3. The molecule has 0 radical (unpaired) electrons. The molecule has 0 spiro atoms. The van der Waals surface area contributed by atoms with Crippen molar-refractivity contribution in [1.29, 1.82) is 0 Å². The van der Waals surface area contributed by atoms with Gasteiger partial charge in [0, 0.05) is 26.1 Å². The van der Waals surface area contributed by atoms with Crippen molar-refractivity contribution in [2.24, 2.45) is 0 Å². The molecule has 5 nitrogen and oxygen atoms in total. The predicted octanol–water partition coefficient (Wildman–Crippen LogP) is 3.12. The summed E-state index contributed by atoms with van der Waals surface area (Å²) in [6.45, 7) is 6.13. The average Bonchev–Trinajstić information content (AvgIpc) is 2.38. The predicted molar refractivity (Wildman–Crippen MR) is 72.4 cm³/mol. The second-order valence-corrected chi connectivity index (χ2v) is 5.01. The Kier molecular flexibility index (Phi) is 5.77. The standard InChI is InChI=1S/C13H20F3N3O2/c1-5-17-9-8-10(19-11(18-9)13(14,15)16)21-7-6-12(2,3)20-4/h8H,5-7H2,1-4H3,(H,17,18,19). The minimum atomic E-state index is -4.62. The van der Waals surface area contributed by atoms with E-state index in [1.54, 1.807) is 14.0 Å². The van der Waals surface area contributed by atoms with E-state index in [1.165, 1.54) is 6.07 Å². The van der Waals surface area contributed by atoms with Crippen LogP contribution in [0.15, 0.2) is 6.07 Å². The van der Waals surface area contributed by atoms with Gasteiger partial charge >= 0.3 is 6.18 Å². The minimum absolute atomic E-state index is 0.0841. The van der Waals surface area contributed by atoms with Crippen LogP contribution >= 0.6 is 0 Å². The van der Waals surface area contributed by atoms with Crippen LogP contribution in [0.4, 0.5) is 19.0 Å². The highest BCUT2D eigenvalue weighted by Crippen LogP contribution is 2.29. The molecule has 0 bridgehead atoms. The Bertz CT molecular complexity index is 464. The molecule has 0 unspecified atom stereocenters. The van der Waals surface area contributed by atoms with Crippen molar-refractivity contribution in [3.8, 4) is 5.88 Å². The molecule has 0 aliphatic heterocycles. The highest BCUT2D eigenvalue weighted by atomic mass is 19.4. The lowest BCUT2D eigenvalue weighted by Gasteiger charge is -2.22. The topological polar surface area (TPSA) is 56.3 Å². The zero-order valence-corrected chi connectivity index (χ0v) is 12.5. The van der Waals surface area contributed by atoms with E-state index in [1.807, 2.05) is 13.8 Å². The molecule has 0 atom stereocenters. The van der Waals surface area contributed by atoms with Gasteiger partial charge in [-0.2, -0.15) is 18.2 Å². The fourth-order valence-corrected chi connectivity index (χ4v) is 1.40. The Morgan fingerprint density at radius 1 is 1.24 bits per heavy atom. The van der Waals surface area contributed by atoms with Crippen molar-refractivity contribution >= 4 is 5.82 Å². The van der Waals surface area contributed by atoms with Crippen LogP contribution in [0.1, 0.15) is 33.0 Å². The number of nitrogens with zero attached hydrogens (tertiary/aromatic N) is 2. The summed E-state index contributed by atoms with van der Waals surface area (Å²) in [5.41, 5.74) is -0.412. The summed E-state index contributed by atoms with van der Waals surface area (Å²) in [7, 11) is 1.57. The van der Waals surface area contributed by atoms with E-state index in [-0.39, 0.29) is 18.3 Å². The quantitative estimate of drug-likeness (QED) is 0.839. The summed E-state index contributed by atoms with van der Waals surface area (Å²) in [5.74, 6) is -1.25. The maximum Gasteiger partial charge on any atom is 0.451 e. The fourth-order valence-electron chi connectivity index (χ4n) is 1.40. The molecule has 0 fully saturated rings. The Labute approximate surface area is 121 Å². The first-order chi connectivity index (χ1) is 9.68. The van der Waals surface area contributed by atoms with E-state index in [0.29, 0.717) is 13.0 Å². The second-order valence-electron chi connectivity index (χ2n) is 5.01. The summed E-state index contributed by atoms with van der Waals surface area (Å²) in [5, 5.41) is 2.72. The number of hydrogen-bond acceptors (Lipinski definition) is 5. The van der Waals surface area contributed by atoms with Gasteiger partial charge in [0.15, 0.2) is 0 Å². The molecule has 120 valence electrons. The lowest BCUT2D eigenvalue weighted by atomic mass is 10.1. The van der Waals surface area contributed by atoms with Crippen LogP contribution in [0.3, 0.4) is 0 Å². The summed E-state index contributed by atoms with van der Waals surface area (Å²) >= 11 is 0. The molecule has 1 N–H and O–H groups in total. The van der Waals surface area contributed by atoms with Gasteiger partial charge in [0.1, 0.15) is 5.82 Å². The third-order valence-corrected chi connectivity index (χ3v) is 2.82. The van der Waals surface area contributed by atoms with E-state index >= 15 is 0 Å². The summed E-state index contributed by atoms with van der Waals surface area (Å²) in [6.07, 6.45) is -4.10. The second kappa shape index (κ2) is 6.93. The van der Waals surface area contributed by atoms with Gasteiger partial charge in [0.2, 0.25) is 11.7 Å². The molecule has 1 aromatic heterocycles. The summed E-state index contributed by atoms with van der Waals surface area (Å²) < 4.78 is 48.7. The number of methoxy groups -OCH3 is 1. The molecular formula is C13H20F3N3O2. The number of ether oxygens (including phenoxy) is 2. The lowest BCUT2D eigenvalue weighted by Crippen LogP contribution is -2.25. The number of nitrogens with one attached hydrogen (secondary N) is 1. The molecule has 0 amide bonds. The van der Waals surface area contributed by atoms with Gasteiger partial charge in [-0.05, 0) is 20.8 Å². The first-order valence-electron chi connectivity index (χ1n) is 6.56. The zero-order valence-electron chi connectivity index (χ0n) is 12.5. The van der Waals surface area contributed by atoms with Gasteiger partial charge in [0.05, 0.1) is 12.2 Å². The van der Waals surface area contributed by atoms with Crippen LogP contribution in [0.5, 0.6) is 5.88 Å². The molecular weight excluding hydrogens is 287 g/mol. The molecule has 1 heterocycles. The summed E-state index contributed by atoms with van der Waals surface area (Å²) in [6, 6.07) is 1.35. The minimum Gasteiger partial charge on any atom is -0.477 e. The zero-order chi connectivity index (χ0) is 16.1. The van der Waals surface area contributed by atoms with Gasteiger partial charge < -0.3 is 14.8 Å². The van der Waals surface area contributed by atoms with E-state index in [2.05, 4.69) is 15.3 Å². The molecule has 21 heavy (non-hydrogen) atoms. The Morgan fingerprint density at radius 3 is 2.43 bits per heavy atom. The molecule has 1 aromatic rings. The number of anilines is 1. The number of alkyl halides is 3. The van der Waals surface area contributed by atoms with Gasteiger partial charge in [-0.15, -0.1) is 0 Å². The van der Waals surface area contributed by atoms with Gasteiger partial charge in [-0.3, -0.25) is 0 Å². The van der Waals surface area contributed by atoms with Crippen LogP contribution in [0.2, 0.25) is 0 Å². The Morgan fingerprint density at radius 2 is 1.90 bits per heavy atom. The summed E-state index contributed by atoms with van der Waals surface area (Å²) in [4.78, 5) is 6.81. The largest absolute Gasteiger partial charge is 0.477 e. The smallest absolute Gasteiger partial charge is 0.451 e. The first kappa shape index (κ1) is 17.5. The molecule has 8 heteroatoms. The molecule has 1 rings (SSSR count). The van der Waals surface area contributed by atoms with Gasteiger partial charge in [0.25, 0.3) is 0 Å². The molecule has 0 aromatic carbocycles. The van der Waals surface area contributed by atoms with Crippen LogP contribution < -0.4 is 10.1 Å². The number of hydrogen-bond donors (Lipinski definition) is 1. The van der Waals surface area contributed by atoms with Crippen molar-refractivity contribution in [2.75, 3.05) is 25.6 Å². The monoisotopic (exact) mass is 307 g/mol. The van der Waals surface area contributed by atoms with Crippen LogP contribution in [-0.4, -0.2) is 35.8 Å². The van der Waals surface area contributed by atoms with Crippen molar-refractivity contribution in [2.45, 2.75) is 39.0 Å². The highest BCUT2D eigenvalue weighted by molar-refractivity contribution is 5.38. The molecule has 0 aliphatic rings. The fraction of sp³-hybridized carbons (Fsp3) is 0.692. The SMILES string of the molecule is CCNc1cc(OCCC(C)(C)OC)nc(C(F)(F)F)n1. The van der Waals surface area contributed by atoms with Crippen LogP contribution in [0.25, 0.3) is 0 Å². The van der Waals surface area contributed by atoms with Crippen molar-refractivity contribution in [1.82, 2.24) is 9.97 Å². The van der Waals surface area contributed by atoms with E-state index < -0.39 is 17.6 Å². The molecule has 0 saturated heterocycles. The van der Waals surface area contributed by atoms with E-state index in [0.717, 1.165) is 0 Å². The molecule has 0 aliphatic carbocycles. The maximum atomic E-state index is 12.7. The third-order valence-electron chi connectivity index (χ3n) is 2.82. The highest BCUT2D eigenvalue weighted by Gasteiger charge is 2.35. The van der Waals surface area contributed by atoms with Crippen molar-refractivity contribution in [3.63, 3.8) is 0 Å². The van der Waals surface area contributed by atoms with E-state index in [9.17, 15) is 13.2 Å². The van der Waals surface area contributed by atoms with Gasteiger partial charge in [-0.25, -0.2) is 4.98 Å². The Hall–Kier alpha value is -1.57. The molecule has 0 saturated carbocycles. The lowest BCUT2D eigenvalue weighted by molar-refractivity contribution is -0.145. The Balaban J connectivity index is 2.83. The van der Waals surface area contributed by atoms with E-state index in [4.69, 9.17) is 9.47 Å². The average molecular weight is 307 g/mol. The number of rotatable bonds is 7. The maximum absolute atomic E-state index is 12.7. The van der Waals surface area contributed by atoms with Crippen molar-refractivity contribution < 1.29 is 22.6 Å². The third kappa shape index (κ3) is 5.74. The first-order valence-corrected chi connectivity index (χ1v) is 6.56. The normalized spacial score (nSPS) is 12.3. The van der Waals surface area contributed by atoms with Gasteiger partial charge in [-0.1, -0.05) is 0 Å². The number of aromatic nitrogens is 2.